The SMILES string of the molecule is CCNCCc1c(C)n(C)c2ccc(Br)cc12. The number of nitrogens with zero attached hydrogens (tertiary/aromatic N) is 1. The Morgan fingerprint density at radius 2 is 2.12 bits per heavy atom. The van der Waals surface area contributed by atoms with Gasteiger partial charge in [0.15, 0.2) is 0 Å². The third kappa shape index (κ3) is 2.40. The zero-order valence-electron chi connectivity index (χ0n) is 10.7. The average molecular weight is 295 g/mol. The van der Waals surface area contributed by atoms with Gasteiger partial charge in [0.2, 0.25) is 0 Å². The van der Waals surface area contributed by atoms with Gasteiger partial charge in [-0.15, -0.1) is 0 Å². The Morgan fingerprint density at radius 3 is 2.82 bits per heavy atom. The van der Waals surface area contributed by atoms with Crippen LogP contribution in [0.25, 0.3) is 10.9 Å². The summed E-state index contributed by atoms with van der Waals surface area (Å²) in [7, 11) is 2.14. The van der Waals surface area contributed by atoms with E-state index >= 15 is 0 Å². The van der Waals surface area contributed by atoms with Gasteiger partial charge in [0.05, 0.1) is 0 Å². The van der Waals surface area contributed by atoms with Crippen LogP contribution in [0.4, 0.5) is 0 Å². The van der Waals surface area contributed by atoms with E-state index in [1.807, 2.05) is 0 Å². The van der Waals surface area contributed by atoms with Crippen molar-refractivity contribution in [1.29, 1.82) is 0 Å². The molecule has 0 saturated carbocycles. The molecule has 2 aromatic rings. The first-order valence-corrected chi connectivity index (χ1v) is 6.88. The van der Waals surface area contributed by atoms with E-state index in [4.69, 9.17) is 0 Å². The van der Waals surface area contributed by atoms with E-state index in [1.165, 1.54) is 22.2 Å². The highest BCUT2D eigenvalue weighted by molar-refractivity contribution is 9.10. The molecule has 0 bridgehead atoms. The largest absolute Gasteiger partial charge is 0.348 e. The number of halogens is 1. The molecule has 0 aliphatic rings. The maximum Gasteiger partial charge on any atom is 0.0483 e. The highest BCUT2D eigenvalue weighted by Gasteiger charge is 2.11. The van der Waals surface area contributed by atoms with Crippen molar-refractivity contribution < 1.29 is 0 Å². The highest BCUT2D eigenvalue weighted by atomic mass is 79.9. The normalized spacial score (nSPS) is 11.3. The topological polar surface area (TPSA) is 17.0 Å². The van der Waals surface area contributed by atoms with Crippen LogP contribution < -0.4 is 5.32 Å². The minimum absolute atomic E-state index is 1.04. The van der Waals surface area contributed by atoms with Gasteiger partial charge in [0.1, 0.15) is 0 Å². The monoisotopic (exact) mass is 294 g/mol. The van der Waals surface area contributed by atoms with Gasteiger partial charge in [0.25, 0.3) is 0 Å². The number of aromatic nitrogens is 1. The van der Waals surface area contributed by atoms with Crippen LogP contribution in [-0.4, -0.2) is 17.7 Å². The third-order valence-electron chi connectivity index (χ3n) is 3.39. The molecule has 0 saturated heterocycles. The van der Waals surface area contributed by atoms with Crippen LogP contribution in [0, 0.1) is 6.92 Å². The van der Waals surface area contributed by atoms with Gasteiger partial charge in [-0.3, -0.25) is 0 Å². The predicted molar refractivity (Wildman–Crippen MR) is 77.6 cm³/mol. The Hall–Kier alpha value is -0.800. The van der Waals surface area contributed by atoms with Crippen molar-refractivity contribution in [3.8, 4) is 0 Å². The molecular formula is C14H19BrN2. The fraction of sp³-hybridized carbons (Fsp3) is 0.429. The molecular weight excluding hydrogens is 276 g/mol. The lowest BCUT2D eigenvalue weighted by molar-refractivity contribution is 0.714. The summed E-state index contributed by atoms with van der Waals surface area (Å²) in [5, 5.41) is 4.76. The molecule has 3 heteroatoms. The minimum Gasteiger partial charge on any atom is -0.348 e. The number of fused-ring (bicyclic) bond motifs is 1. The van der Waals surface area contributed by atoms with Gasteiger partial charge >= 0.3 is 0 Å². The lowest BCUT2D eigenvalue weighted by Crippen LogP contribution is -2.16. The summed E-state index contributed by atoms with van der Waals surface area (Å²) >= 11 is 3.56. The van der Waals surface area contributed by atoms with E-state index in [1.54, 1.807) is 0 Å². The fourth-order valence-corrected chi connectivity index (χ4v) is 2.69. The average Bonchev–Trinajstić information content (AvgIpc) is 2.54. The molecule has 0 aliphatic carbocycles. The Bertz CT molecular complexity index is 528. The molecule has 2 nitrogen and oxygen atoms in total. The standard InChI is InChI=1S/C14H19BrN2/c1-4-16-8-7-12-10(2)17(3)14-6-5-11(15)9-13(12)14/h5-6,9,16H,4,7-8H2,1-3H3. The molecule has 0 unspecified atom stereocenters. The van der Waals surface area contributed by atoms with E-state index in [-0.39, 0.29) is 0 Å². The number of benzene rings is 1. The Labute approximate surface area is 111 Å². The second kappa shape index (κ2) is 5.23. The summed E-state index contributed by atoms with van der Waals surface area (Å²) in [5.41, 5.74) is 4.15. The number of hydrogen-bond donors (Lipinski definition) is 1. The fourth-order valence-electron chi connectivity index (χ4n) is 2.33. The Balaban J connectivity index is 2.45. The van der Waals surface area contributed by atoms with Crippen molar-refractivity contribution in [2.24, 2.45) is 7.05 Å². The maximum absolute atomic E-state index is 3.56. The molecule has 0 radical (unpaired) electrons. The van der Waals surface area contributed by atoms with Crippen LogP contribution in [0.15, 0.2) is 22.7 Å². The summed E-state index contributed by atoms with van der Waals surface area (Å²) in [5.74, 6) is 0. The molecule has 1 aromatic carbocycles. The minimum atomic E-state index is 1.04. The molecule has 1 aromatic heterocycles. The van der Waals surface area contributed by atoms with Gasteiger partial charge < -0.3 is 9.88 Å². The molecule has 0 atom stereocenters. The van der Waals surface area contributed by atoms with Gasteiger partial charge in [-0.2, -0.15) is 0 Å². The molecule has 0 aliphatic heterocycles. The van der Waals surface area contributed by atoms with E-state index in [9.17, 15) is 0 Å². The van der Waals surface area contributed by atoms with Crippen molar-refractivity contribution in [3.05, 3.63) is 33.9 Å². The molecule has 0 spiro atoms. The first-order chi connectivity index (χ1) is 8.15. The smallest absolute Gasteiger partial charge is 0.0483 e. The van der Waals surface area contributed by atoms with Crippen LogP contribution in [0.2, 0.25) is 0 Å². The van der Waals surface area contributed by atoms with Gasteiger partial charge in [-0.25, -0.2) is 0 Å². The molecule has 17 heavy (non-hydrogen) atoms. The summed E-state index contributed by atoms with van der Waals surface area (Å²) < 4.78 is 3.43. The number of nitrogens with one attached hydrogen (secondary N) is 1. The third-order valence-corrected chi connectivity index (χ3v) is 3.88. The van der Waals surface area contributed by atoms with Crippen molar-refractivity contribution in [1.82, 2.24) is 9.88 Å². The Kier molecular flexibility index (Phi) is 3.89. The van der Waals surface area contributed by atoms with Crippen molar-refractivity contribution >= 4 is 26.8 Å². The maximum atomic E-state index is 3.56. The summed E-state index contributed by atoms with van der Waals surface area (Å²) in [6.07, 6.45) is 1.09. The van der Waals surface area contributed by atoms with Gasteiger partial charge in [-0.05, 0) is 50.2 Å². The lowest BCUT2D eigenvalue weighted by Gasteiger charge is -2.03. The second-order valence-corrected chi connectivity index (χ2v) is 5.30. The van der Waals surface area contributed by atoms with Crippen LogP contribution >= 0.6 is 15.9 Å². The molecule has 1 N–H and O–H groups in total. The van der Waals surface area contributed by atoms with E-state index in [0.717, 1.165) is 24.0 Å². The number of likely N-dealkylation sites (N-methyl/N-ethyl adjacent to an activating group) is 1. The van der Waals surface area contributed by atoms with Crippen LogP contribution in [0.1, 0.15) is 18.2 Å². The summed E-state index contributed by atoms with van der Waals surface area (Å²) in [6, 6.07) is 6.52. The summed E-state index contributed by atoms with van der Waals surface area (Å²) in [4.78, 5) is 0. The molecule has 0 amide bonds. The molecule has 2 rings (SSSR count). The molecule has 0 fully saturated rings. The van der Waals surface area contributed by atoms with Crippen molar-refractivity contribution in [3.63, 3.8) is 0 Å². The zero-order valence-corrected chi connectivity index (χ0v) is 12.3. The van der Waals surface area contributed by atoms with Crippen LogP contribution in [0.3, 0.4) is 0 Å². The predicted octanol–water partition coefficient (Wildman–Crippen LogP) is 3.40. The van der Waals surface area contributed by atoms with Crippen LogP contribution in [0.5, 0.6) is 0 Å². The Morgan fingerprint density at radius 1 is 1.35 bits per heavy atom. The lowest BCUT2D eigenvalue weighted by atomic mass is 10.1. The van der Waals surface area contributed by atoms with E-state index in [0.29, 0.717) is 0 Å². The quantitative estimate of drug-likeness (QED) is 0.855. The number of aryl methyl sites for hydroxylation is 1. The van der Waals surface area contributed by atoms with Gasteiger partial charge in [0, 0.05) is 28.1 Å². The second-order valence-electron chi connectivity index (χ2n) is 4.39. The zero-order chi connectivity index (χ0) is 12.4. The molecule has 92 valence electrons. The van der Waals surface area contributed by atoms with E-state index in [2.05, 4.69) is 64.9 Å². The first kappa shape index (κ1) is 12.7. The number of rotatable bonds is 4. The summed E-state index contributed by atoms with van der Waals surface area (Å²) in [6.45, 7) is 6.43. The van der Waals surface area contributed by atoms with Crippen molar-refractivity contribution in [2.45, 2.75) is 20.3 Å². The van der Waals surface area contributed by atoms with Crippen molar-refractivity contribution in [2.75, 3.05) is 13.1 Å². The first-order valence-electron chi connectivity index (χ1n) is 6.09. The van der Waals surface area contributed by atoms with Crippen LogP contribution in [-0.2, 0) is 13.5 Å². The molecule has 1 heterocycles. The van der Waals surface area contributed by atoms with E-state index < -0.39 is 0 Å². The number of hydrogen-bond acceptors (Lipinski definition) is 1. The van der Waals surface area contributed by atoms with Gasteiger partial charge in [-0.1, -0.05) is 22.9 Å². The highest BCUT2D eigenvalue weighted by Crippen LogP contribution is 2.27.